The van der Waals surface area contributed by atoms with E-state index in [-0.39, 0.29) is 11.0 Å². The average molecular weight is 269 g/mol. The van der Waals surface area contributed by atoms with E-state index in [1.165, 1.54) is 25.4 Å². The van der Waals surface area contributed by atoms with Crippen molar-refractivity contribution in [1.29, 1.82) is 0 Å². The van der Waals surface area contributed by atoms with Gasteiger partial charge in [0.25, 0.3) is 0 Å². The minimum atomic E-state index is -0.485. The molecule has 1 aromatic heterocycles. The highest BCUT2D eigenvalue weighted by molar-refractivity contribution is 6.28. The van der Waals surface area contributed by atoms with Crippen LogP contribution in [0.4, 0.5) is 21.6 Å². The van der Waals surface area contributed by atoms with E-state index in [0.29, 0.717) is 17.2 Å². The number of nitrogen functional groups attached to an aromatic ring is 1. The maximum atomic E-state index is 13.5. The first-order valence-electron chi connectivity index (χ1n) is 4.98. The first-order chi connectivity index (χ1) is 8.60. The quantitative estimate of drug-likeness (QED) is 0.837. The molecule has 0 spiro atoms. The summed E-state index contributed by atoms with van der Waals surface area (Å²) in [7, 11) is 1.40. The Morgan fingerprint density at radius 3 is 2.89 bits per heavy atom. The van der Waals surface area contributed by atoms with Gasteiger partial charge in [0.05, 0.1) is 19.0 Å². The number of nitrogens with zero attached hydrogens (tertiary/aromatic N) is 2. The number of hydrogen-bond acceptors (Lipinski definition) is 5. The Labute approximate surface area is 108 Å². The second-order valence-corrected chi connectivity index (χ2v) is 3.76. The van der Waals surface area contributed by atoms with Crippen LogP contribution in [0.3, 0.4) is 0 Å². The fourth-order valence-electron chi connectivity index (χ4n) is 1.35. The summed E-state index contributed by atoms with van der Waals surface area (Å²) in [6.07, 6.45) is 1.37. The fraction of sp³-hybridized carbons (Fsp3) is 0.0909. The molecule has 0 aliphatic carbocycles. The predicted octanol–water partition coefficient (Wildman–Crippen LogP) is 2.60. The normalized spacial score (nSPS) is 10.2. The molecule has 2 aromatic rings. The van der Waals surface area contributed by atoms with E-state index in [9.17, 15) is 4.39 Å². The van der Waals surface area contributed by atoms with Gasteiger partial charge in [0.15, 0.2) is 17.4 Å². The van der Waals surface area contributed by atoms with E-state index in [2.05, 4.69) is 15.3 Å². The van der Waals surface area contributed by atoms with Gasteiger partial charge in [-0.05, 0) is 23.7 Å². The number of anilines is 3. The highest BCUT2D eigenvalue weighted by Gasteiger charge is 2.07. The molecular weight excluding hydrogens is 259 g/mol. The number of nitrogens with two attached hydrogens (primary N) is 1. The van der Waals surface area contributed by atoms with Crippen LogP contribution in [0.25, 0.3) is 0 Å². The summed E-state index contributed by atoms with van der Waals surface area (Å²) >= 11 is 5.65. The minimum Gasteiger partial charge on any atom is -0.494 e. The predicted molar refractivity (Wildman–Crippen MR) is 67.7 cm³/mol. The fourth-order valence-corrected chi connectivity index (χ4v) is 1.48. The lowest BCUT2D eigenvalue weighted by atomic mass is 10.3. The van der Waals surface area contributed by atoms with Crippen molar-refractivity contribution in [3.63, 3.8) is 0 Å². The number of halogens is 2. The summed E-state index contributed by atoms with van der Waals surface area (Å²) in [6, 6.07) is 4.41. The van der Waals surface area contributed by atoms with Crippen LogP contribution in [0.15, 0.2) is 24.4 Å². The van der Waals surface area contributed by atoms with Gasteiger partial charge >= 0.3 is 0 Å². The van der Waals surface area contributed by atoms with Crippen molar-refractivity contribution in [3.8, 4) is 5.75 Å². The third-order valence-corrected chi connectivity index (χ3v) is 2.38. The van der Waals surface area contributed by atoms with E-state index in [0.717, 1.165) is 0 Å². The first-order valence-corrected chi connectivity index (χ1v) is 5.36. The second kappa shape index (κ2) is 5.05. The van der Waals surface area contributed by atoms with Crippen LogP contribution in [0.1, 0.15) is 0 Å². The summed E-state index contributed by atoms with van der Waals surface area (Å²) in [5.74, 6) is -0.00460. The van der Waals surface area contributed by atoms with Gasteiger partial charge in [0, 0.05) is 11.8 Å². The number of hydrogen-bond donors (Lipinski definition) is 2. The van der Waals surface area contributed by atoms with E-state index in [4.69, 9.17) is 22.1 Å². The van der Waals surface area contributed by atoms with Gasteiger partial charge in [0.2, 0.25) is 5.28 Å². The number of benzene rings is 1. The topological polar surface area (TPSA) is 73.1 Å². The molecule has 0 saturated heterocycles. The van der Waals surface area contributed by atoms with Crippen molar-refractivity contribution in [1.82, 2.24) is 9.97 Å². The molecule has 3 N–H and O–H groups in total. The van der Waals surface area contributed by atoms with Crippen LogP contribution in [0.5, 0.6) is 5.75 Å². The zero-order valence-electron chi connectivity index (χ0n) is 9.45. The molecule has 0 fully saturated rings. The molecule has 0 atom stereocenters. The molecule has 1 heterocycles. The average Bonchev–Trinajstić information content (AvgIpc) is 2.34. The highest BCUT2D eigenvalue weighted by Crippen LogP contribution is 2.25. The maximum absolute atomic E-state index is 13.5. The zero-order valence-corrected chi connectivity index (χ0v) is 10.2. The highest BCUT2D eigenvalue weighted by atomic mass is 35.5. The number of ether oxygens (including phenoxy) is 1. The van der Waals surface area contributed by atoms with E-state index < -0.39 is 5.82 Å². The Morgan fingerprint density at radius 2 is 2.22 bits per heavy atom. The summed E-state index contributed by atoms with van der Waals surface area (Å²) in [5, 5.41) is 2.91. The van der Waals surface area contributed by atoms with Gasteiger partial charge in [-0.15, -0.1) is 0 Å². The largest absolute Gasteiger partial charge is 0.494 e. The summed E-state index contributed by atoms with van der Waals surface area (Å²) < 4.78 is 18.3. The third kappa shape index (κ3) is 2.60. The van der Waals surface area contributed by atoms with Crippen molar-refractivity contribution in [2.45, 2.75) is 0 Å². The number of rotatable bonds is 3. The van der Waals surface area contributed by atoms with Crippen molar-refractivity contribution in [2.75, 3.05) is 18.2 Å². The van der Waals surface area contributed by atoms with Crippen molar-refractivity contribution in [2.24, 2.45) is 0 Å². The maximum Gasteiger partial charge on any atom is 0.224 e. The molecule has 0 amide bonds. The molecular formula is C11H10ClFN4O. The molecule has 0 aliphatic rings. The molecule has 0 unspecified atom stereocenters. The second-order valence-electron chi connectivity index (χ2n) is 3.42. The van der Waals surface area contributed by atoms with Crippen LogP contribution in [-0.4, -0.2) is 17.1 Å². The molecule has 18 heavy (non-hydrogen) atoms. The lowest BCUT2D eigenvalue weighted by Gasteiger charge is -2.09. The molecule has 2 rings (SSSR count). The minimum absolute atomic E-state index is 0.0562. The summed E-state index contributed by atoms with van der Waals surface area (Å²) in [6.45, 7) is 0. The third-order valence-electron chi connectivity index (χ3n) is 2.20. The first kappa shape index (κ1) is 12.4. The number of methoxy groups -OCH3 is 1. The van der Waals surface area contributed by atoms with Crippen LogP contribution in [-0.2, 0) is 0 Å². The van der Waals surface area contributed by atoms with E-state index in [1.807, 2.05) is 0 Å². The lowest BCUT2D eigenvalue weighted by Crippen LogP contribution is -2.01. The monoisotopic (exact) mass is 268 g/mol. The molecule has 94 valence electrons. The molecule has 7 heteroatoms. The SMILES string of the molecule is COc1ccc(Nc2nc(Cl)ncc2N)cc1F. The van der Waals surface area contributed by atoms with Crippen molar-refractivity contribution >= 4 is 28.8 Å². The molecule has 0 radical (unpaired) electrons. The number of aromatic nitrogens is 2. The smallest absolute Gasteiger partial charge is 0.224 e. The Balaban J connectivity index is 2.28. The molecule has 0 saturated carbocycles. The standard InChI is InChI=1S/C11H10ClFN4O/c1-18-9-3-2-6(4-7(9)13)16-10-8(14)5-15-11(12)17-10/h2-5H,14H2,1H3,(H,15,16,17). The molecule has 0 bridgehead atoms. The van der Waals surface area contributed by atoms with Crippen LogP contribution in [0, 0.1) is 5.82 Å². The Bertz CT molecular complexity index is 579. The number of nitrogens with one attached hydrogen (secondary N) is 1. The van der Waals surface area contributed by atoms with Gasteiger partial charge in [-0.3, -0.25) is 0 Å². The van der Waals surface area contributed by atoms with Gasteiger partial charge in [-0.1, -0.05) is 0 Å². The van der Waals surface area contributed by atoms with Gasteiger partial charge in [0.1, 0.15) is 0 Å². The van der Waals surface area contributed by atoms with Crippen molar-refractivity contribution in [3.05, 3.63) is 35.5 Å². The van der Waals surface area contributed by atoms with Crippen LogP contribution >= 0.6 is 11.6 Å². The summed E-state index contributed by atoms with van der Waals surface area (Å²) in [5.41, 5.74) is 6.46. The lowest BCUT2D eigenvalue weighted by molar-refractivity contribution is 0.386. The molecule has 1 aromatic carbocycles. The Hall–Kier alpha value is -2.08. The van der Waals surface area contributed by atoms with Crippen molar-refractivity contribution < 1.29 is 9.13 Å². The van der Waals surface area contributed by atoms with E-state index >= 15 is 0 Å². The Kier molecular flexibility index (Phi) is 3.47. The summed E-state index contributed by atoms with van der Waals surface area (Å²) in [4.78, 5) is 7.63. The van der Waals surface area contributed by atoms with Gasteiger partial charge < -0.3 is 15.8 Å². The van der Waals surface area contributed by atoms with Gasteiger partial charge in [-0.2, -0.15) is 4.98 Å². The zero-order chi connectivity index (χ0) is 13.1. The van der Waals surface area contributed by atoms with Crippen LogP contribution in [0.2, 0.25) is 5.28 Å². The van der Waals surface area contributed by atoms with Crippen LogP contribution < -0.4 is 15.8 Å². The molecule has 5 nitrogen and oxygen atoms in total. The van der Waals surface area contributed by atoms with E-state index in [1.54, 1.807) is 6.07 Å². The Morgan fingerprint density at radius 1 is 1.44 bits per heavy atom. The molecule has 0 aliphatic heterocycles. The van der Waals surface area contributed by atoms with Gasteiger partial charge in [-0.25, -0.2) is 9.37 Å².